The van der Waals surface area contributed by atoms with E-state index < -0.39 is 0 Å². The van der Waals surface area contributed by atoms with Crippen LogP contribution in [0.2, 0.25) is 0 Å². The maximum Gasteiger partial charge on any atom is 0.274 e. The number of benzene rings is 1. The van der Waals surface area contributed by atoms with Crippen molar-refractivity contribution in [3.8, 4) is 0 Å². The smallest absolute Gasteiger partial charge is 0.274 e. The van der Waals surface area contributed by atoms with Gasteiger partial charge in [0.2, 0.25) is 5.89 Å². The monoisotopic (exact) mass is 404 g/mol. The quantitative estimate of drug-likeness (QED) is 0.508. The van der Waals surface area contributed by atoms with Gasteiger partial charge in [-0.3, -0.25) is 4.79 Å². The van der Waals surface area contributed by atoms with Gasteiger partial charge < -0.3 is 13.7 Å². The van der Waals surface area contributed by atoms with E-state index in [1.165, 1.54) is 12.1 Å². The summed E-state index contributed by atoms with van der Waals surface area (Å²) < 4.78 is 21.3. The Bertz CT molecular complexity index is 1230. The molecule has 0 bridgehead atoms. The number of halogens is 1. The standard InChI is InChI=1S/C23H21FN4O2/c1-15-5-2-9-21-26-19(14-28(15)21)23(29)27-10-4-8-20(27)22-25-13-18(30-22)12-16-6-3-7-17(24)11-16/h2-3,5-7,9,11,13-14,20H,4,8,10,12H2,1H3. The Kier molecular flexibility index (Phi) is 4.58. The van der Waals surface area contributed by atoms with E-state index in [0.717, 1.165) is 29.7 Å². The first-order valence-corrected chi connectivity index (χ1v) is 10.0. The molecule has 1 aliphatic rings. The van der Waals surface area contributed by atoms with Gasteiger partial charge in [-0.05, 0) is 49.6 Å². The van der Waals surface area contributed by atoms with Crippen molar-refractivity contribution in [3.63, 3.8) is 0 Å². The molecule has 0 aliphatic carbocycles. The van der Waals surface area contributed by atoms with E-state index in [-0.39, 0.29) is 17.8 Å². The van der Waals surface area contributed by atoms with Crippen LogP contribution in [0.15, 0.2) is 59.3 Å². The molecule has 1 amide bonds. The number of carbonyl (C=O) groups excluding carboxylic acids is 1. The zero-order valence-electron chi connectivity index (χ0n) is 16.6. The Morgan fingerprint density at radius 2 is 2.13 bits per heavy atom. The minimum Gasteiger partial charge on any atom is -0.443 e. The van der Waals surface area contributed by atoms with Crippen molar-refractivity contribution in [1.29, 1.82) is 0 Å². The average Bonchev–Trinajstić information content (AvgIpc) is 3.47. The highest BCUT2D eigenvalue weighted by atomic mass is 19.1. The minimum atomic E-state index is -0.275. The van der Waals surface area contributed by atoms with Crippen LogP contribution in [0.4, 0.5) is 4.39 Å². The van der Waals surface area contributed by atoms with Gasteiger partial charge in [0, 0.05) is 24.9 Å². The number of imidazole rings is 1. The number of oxazole rings is 1. The molecule has 0 N–H and O–H groups in total. The molecule has 152 valence electrons. The molecule has 0 saturated carbocycles. The average molecular weight is 404 g/mol. The molecule has 7 heteroatoms. The highest BCUT2D eigenvalue weighted by Gasteiger charge is 2.34. The number of aryl methyl sites for hydroxylation is 1. The van der Waals surface area contributed by atoms with Crippen LogP contribution >= 0.6 is 0 Å². The topological polar surface area (TPSA) is 63.6 Å². The van der Waals surface area contributed by atoms with E-state index in [4.69, 9.17) is 4.42 Å². The van der Waals surface area contributed by atoms with Crippen LogP contribution in [0.5, 0.6) is 0 Å². The lowest BCUT2D eigenvalue weighted by Crippen LogP contribution is -2.31. The number of amides is 1. The molecular formula is C23H21FN4O2. The molecule has 1 fully saturated rings. The molecule has 1 aliphatic heterocycles. The summed E-state index contributed by atoms with van der Waals surface area (Å²) in [5.74, 6) is 0.776. The van der Waals surface area contributed by atoms with E-state index in [1.807, 2.05) is 35.6 Å². The number of rotatable bonds is 4. The number of hydrogen-bond acceptors (Lipinski definition) is 4. The number of fused-ring (bicyclic) bond motifs is 1. The first-order valence-electron chi connectivity index (χ1n) is 10.0. The fourth-order valence-electron chi connectivity index (χ4n) is 4.07. The lowest BCUT2D eigenvalue weighted by atomic mass is 10.1. The number of nitrogens with zero attached hydrogens (tertiary/aromatic N) is 4. The summed E-state index contributed by atoms with van der Waals surface area (Å²) in [5.41, 5.74) is 3.01. The highest BCUT2D eigenvalue weighted by molar-refractivity contribution is 5.93. The molecule has 6 nitrogen and oxygen atoms in total. The van der Waals surface area contributed by atoms with Gasteiger partial charge in [-0.2, -0.15) is 0 Å². The van der Waals surface area contributed by atoms with Gasteiger partial charge in [-0.1, -0.05) is 18.2 Å². The summed E-state index contributed by atoms with van der Waals surface area (Å²) in [6.45, 7) is 2.62. The second-order valence-corrected chi connectivity index (χ2v) is 7.65. The van der Waals surface area contributed by atoms with Crippen LogP contribution in [0.25, 0.3) is 5.65 Å². The van der Waals surface area contributed by atoms with Gasteiger partial charge in [0.15, 0.2) is 0 Å². The van der Waals surface area contributed by atoms with Crippen LogP contribution in [-0.4, -0.2) is 31.7 Å². The molecule has 1 unspecified atom stereocenters. The zero-order valence-corrected chi connectivity index (χ0v) is 16.6. The second-order valence-electron chi connectivity index (χ2n) is 7.65. The molecule has 5 rings (SSSR count). The van der Waals surface area contributed by atoms with Crippen molar-refractivity contribution in [2.75, 3.05) is 6.54 Å². The third kappa shape index (κ3) is 3.36. The Labute approximate surface area is 173 Å². The van der Waals surface area contributed by atoms with Crippen LogP contribution in [0.3, 0.4) is 0 Å². The van der Waals surface area contributed by atoms with Crippen LogP contribution in [-0.2, 0) is 6.42 Å². The summed E-state index contributed by atoms with van der Waals surface area (Å²) in [6.07, 6.45) is 5.57. The van der Waals surface area contributed by atoms with Gasteiger partial charge in [0.05, 0.1) is 6.20 Å². The molecule has 4 heterocycles. The van der Waals surface area contributed by atoms with Crippen molar-refractivity contribution in [2.45, 2.75) is 32.2 Å². The molecule has 0 radical (unpaired) electrons. The largest absolute Gasteiger partial charge is 0.443 e. The summed E-state index contributed by atoms with van der Waals surface area (Å²) in [6, 6.07) is 12.0. The van der Waals surface area contributed by atoms with Gasteiger partial charge in [-0.15, -0.1) is 0 Å². The van der Waals surface area contributed by atoms with Crippen molar-refractivity contribution in [2.24, 2.45) is 0 Å². The SMILES string of the molecule is Cc1cccc2nc(C(=O)N3CCCC3c3ncc(Cc4cccc(F)c4)o3)cn12. The Morgan fingerprint density at radius 3 is 2.97 bits per heavy atom. The first-order chi connectivity index (χ1) is 14.6. The lowest BCUT2D eigenvalue weighted by molar-refractivity contribution is 0.0709. The summed E-state index contributed by atoms with van der Waals surface area (Å²) in [4.78, 5) is 23.9. The van der Waals surface area contributed by atoms with Crippen molar-refractivity contribution >= 4 is 11.6 Å². The van der Waals surface area contributed by atoms with Gasteiger partial charge in [-0.25, -0.2) is 14.4 Å². The van der Waals surface area contributed by atoms with E-state index >= 15 is 0 Å². The van der Waals surface area contributed by atoms with Gasteiger partial charge in [0.25, 0.3) is 5.91 Å². The predicted octanol–water partition coefficient (Wildman–Crippen LogP) is 4.34. The molecule has 3 aromatic heterocycles. The van der Waals surface area contributed by atoms with Crippen molar-refractivity contribution in [3.05, 3.63) is 89.3 Å². The first kappa shape index (κ1) is 18.5. The number of aromatic nitrogens is 3. The van der Waals surface area contributed by atoms with E-state index in [0.29, 0.717) is 30.3 Å². The normalized spacial score (nSPS) is 16.5. The molecule has 1 saturated heterocycles. The highest BCUT2D eigenvalue weighted by Crippen LogP contribution is 2.33. The third-order valence-corrected chi connectivity index (χ3v) is 5.55. The van der Waals surface area contributed by atoms with Crippen LogP contribution < -0.4 is 0 Å². The summed E-state index contributed by atoms with van der Waals surface area (Å²) >= 11 is 0. The van der Waals surface area contributed by atoms with E-state index in [1.54, 1.807) is 23.4 Å². The molecule has 1 aromatic carbocycles. The molecule has 0 spiro atoms. The molecule has 30 heavy (non-hydrogen) atoms. The van der Waals surface area contributed by atoms with Gasteiger partial charge >= 0.3 is 0 Å². The molecule has 1 atom stereocenters. The Hall–Kier alpha value is -3.48. The summed E-state index contributed by atoms with van der Waals surface area (Å²) in [7, 11) is 0. The second kappa shape index (κ2) is 7.40. The fourth-order valence-corrected chi connectivity index (χ4v) is 4.07. The van der Waals surface area contributed by atoms with Crippen LogP contribution in [0, 0.1) is 12.7 Å². The maximum atomic E-state index is 13.4. The Balaban J connectivity index is 1.37. The number of likely N-dealkylation sites (tertiary alicyclic amines) is 1. The maximum absolute atomic E-state index is 13.4. The van der Waals surface area contributed by atoms with Crippen LogP contribution in [0.1, 0.15) is 52.3 Å². The van der Waals surface area contributed by atoms with Gasteiger partial charge in [0.1, 0.15) is 29.0 Å². The van der Waals surface area contributed by atoms with E-state index in [2.05, 4.69) is 9.97 Å². The zero-order chi connectivity index (χ0) is 20.7. The predicted molar refractivity (Wildman–Crippen MR) is 109 cm³/mol. The molecule has 4 aromatic rings. The fraction of sp³-hybridized carbons (Fsp3) is 0.261. The number of pyridine rings is 1. The minimum absolute atomic E-state index is 0.120. The Morgan fingerprint density at radius 1 is 1.27 bits per heavy atom. The number of carbonyl (C=O) groups is 1. The molecular weight excluding hydrogens is 383 g/mol. The summed E-state index contributed by atoms with van der Waals surface area (Å²) in [5, 5.41) is 0. The van der Waals surface area contributed by atoms with Crippen molar-refractivity contribution in [1.82, 2.24) is 19.3 Å². The van der Waals surface area contributed by atoms with Crippen molar-refractivity contribution < 1.29 is 13.6 Å². The lowest BCUT2D eigenvalue weighted by Gasteiger charge is -2.21. The number of hydrogen-bond donors (Lipinski definition) is 0. The van der Waals surface area contributed by atoms with E-state index in [9.17, 15) is 9.18 Å². The third-order valence-electron chi connectivity index (χ3n) is 5.55.